The Hall–Kier alpha value is -2.15. The van der Waals surface area contributed by atoms with Gasteiger partial charge in [-0.15, -0.1) is 0 Å². The second kappa shape index (κ2) is 7.03. The summed E-state index contributed by atoms with van der Waals surface area (Å²) in [5.74, 6) is -1.61. The molecule has 1 N–H and O–H groups in total. The molecule has 0 radical (unpaired) electrons. The fourth-order valence-corrected chi connectivity index (χ4v) is 1.87. The summed E-state index contributed by atoms with van der Waals surface area (Å²) in [6.45, 7) is 3.43. The summed E-state index contributed by atoms with van der Waals surface area (Å²) in [7, 11) is 1.20. The van der Waals surface area contributed by atoms with Crippen molar-refractivity contribution in [1.29, 1.82) is 0 Å². The van der Waals surface area contributed by atoms with Gasteiger partial charge in [0, 0.05) is 11.1 Å². The molecule has 7 nitrogen and oxygen atoms in total. The molecule has 0 aliphatic heterocycles. The third-order valence-corrected chi connectivity index (χ3v) is 3.04. The Morgan fingerprint density at radius 1 is 1.38 bits per heavy atom. The van der Waals surface area contributed by atoms with Gasteiger partial charge in [-0.2, -0.15) is 0 Å². The Balaban J connectivity index is 3.11. The Morgan fingerprint density at radius 2 is 2.00 bits per heavy atom. The number of nitro benzene ring substituents is 1. The first-order valence-electron chi connectivity index (χ1n) is 6.10. The van der Waals surface area contributed by atoms with E-state index >= 15 is 0 Å². The van der Waals surface area contributed by atoms with Gasteiger partial charge in [0.1, 0.15) is 11.6 Å². The van der Waals surface area contributed by atoms with Crippen molar-refractivity contribution in [2.45, 2.75) is 19.9 Å². The van der Waals surface area contributed by atoms with Crippen LogP contribution in [0.15, 0.2) is 18.2 Å². The number of carbonyl (C=O) groups excluding carboxylic acids is 2. The number of carbonyl (C=O) groups is 2. The van der Waals surface area contributed by atoms with Gasteiger partial charge in [-0.25, -0.2) is 4.79 Å². The standard InChI is InChI=1S/C13H15ClN2O5/c1-7(2)11(13(18)21-3)15-12(17)9-6-8(14)4-5-10(9)16(19)20/h4-7,11H,1-3H3,(H,15,17)/t11-/m0/s1. The second-order valence-electron chi connectivity index (χ2n) is 4.64. The molecule has 0 spiro atoms. The maximum atomic E-state index is 12.2. The molecule has 8 heteroatoms. The molecule has 0 aliphatic rings. The van der Waals surface area contributed by atoms with Gasteiger partial charge in [0.05, 0.1) is 12.0 Å². The van der Waals surface area contributed by atoms with Crippen LogP contribution in [0.5, 0.6) is 0 Å². The van der Waals surface area contributed by atoms with Crippen LogP contribution < -0.4 is 5.32 Å². The summed E-state index contributed by atoms with van der Waals surface area (Å²) in [5.41, 5.74) is -0.591. The molecule has 0 heterocycles. The molecule has 0 saturated heterocycles. The number of hydrogen-bond donors (Lipinski definition) is 1. The van der Waals surface area contributed by atoms with E-state index in [2.05, 4.69) is 10.1 Å². The SMILES string of the molecule is COC(=O)[C@@H](NC(=O)c1cc(Cl)ccc1[N+](=O)[O-])C(C)C. The number of ether oxygens (including phenoxy) is 1. The summed E-state index contributed by atoms with van der Waals surface area (Å²) in [4.78, 5) is 34.0. The molecule has 0 saturated carbocycles. The zero-order valence-corrected chi connectivity index (χ0v) is 12.5. The minimum absolute atomic E-state index is 0.185. The van der Waals surface area contributed by atoms with E-state index in [1.165, 1.54) is 19.2 Å². The number of benzene rings is 1. The first-order chi connectivity index (χ1) is 9.77. The Kier molecular flexibility index (Phi) is 5.66. The predicted molar refractivity (Wildman–Crippen MR) is 76.2 cm³/mol. The summed E-state index contributed by atoms with van der Waals surface area (Å²) in [5, 5.41) is 13.6. The Bertz CT molecular complexity index is 574. The average molecular weight is 315 g/mol. The maximum Gasteiger partial charge on any atom is 0.328 e. The van der Waals surface area contributed by atoms with Crippen molar-refractivity contribution in [3.05, 3.63) is 38.9 Å². The number of amides is 1. The lowest BCUT2D eigenvalue weighted by atomic mass is 10.0. The highest BCUT2D eigenvalue weighted by atomic mass is 35.5. The molecule has 1 aromatic rings. The van der Waals surface area contributed by atoms with Crippen LogP contribution in [0.2, 0.25) is 5.02 Å². The lowest BCUT2D eigenvalue weighted by molar-refractivity contribution is -0.385. The molecule has 0 bridgehead atoms. The van der Waals surface area contributed by atoms with Gasteiger partial charge in [0.25, 0.3) is 11.6 Å². The maximum absolute atomic E-state index is 12.2. The molecule has 114 valence electrons. The molecule has 1 amide bonds. The fourth-order valence-electron chi connectivity index (χ4n) is 1.69. The van der Waals surface area contributed by atoms with Crippen LogP contribution >= 0.6 is 11.6 Å². The van der Waals surface area contributed by atoms with Gasteiger partial charge in [-0.1, -0.05) is 25.4 Å². The third kappa shape index (κ3) is 4.16. The van der Waals surface area contributed by atoms with Crippen molar-refractivity contribution in [2.75, 3.05) is 7.11 Å². The van der Waals surface area contributed by atoms with Crippen LogP contribution in [0.25, 0.3) is 0 Å². The van der Waals surface area contributed by atoms with E-state index in [1.54, 1.807) is 13.8 Å². The number of nitrogens with one attached hydrogen (secondary N) is 1. The summed E-state index contributed by atoms with van der Waals surface area (Å²) < 4.78 is 4.60. The number of esters is 1. The lowest BCUT2D eigenvalue weighted by Gasteiger charge is -2.19. The number of nitro groups is 1. The molecular formula is C13H15ClN2O5. The predicted octanol–water partition coefficient (Wildman–Crippen LogP) is 2.18. The van der Waals surface area contributed by atoms with Crippen LogP contribution in [0.1, 0.15) is 24.2 Å². The van der Waals surface area contributed by atoms with E-state index in [1.807, 2.05) is 0 Å². The first-order valence-corrected chi connectivity index (χ1v) is 6.48. The molecule has 0 unspecified atom stereocenters. The number of hydrogen-bond acceptors (Lipinski definition) is 5. The second-order valence-corrected chi connectivity index (χ2v) is 5.07. The van der Waals surface area contributed by atoms with E-state index in [4.69, 9.17) is 11.6 Å². The number of methoxy groups -OCH3 is 1. The Morgan fingerprint density at radius 3 is 2.48 bits per heavy atom. The van der Waals surface area contributed by atoms with Crippen LogP contribution in [0, 0.1) is 16.0 Å². The largest absolute Gasteiger partial charge is 0.467 e. The van der Waals surface area contributed by atoms with Crippen LogP contribution in [-0.4, -0.2) is 30.0 Å². The van der Waals surface area contributed by atoms with Gasteiger partial charge >= 0.3 is 5.97 Å². The van der Waals surface area contributed by atoms with E-state index in [0.29, 0.717) is 0 Å². The highest BCUT2D eigenvalue weighted by Gasteiger charge is 2.28. The topological polar surface area (TPSA) is 98.5 Å². The Labute approximate surface area is 126 Å². The highest BCUT2D eigenvalue weighted by molar-refractivity contribution is 6.31. The normalized spacial score (nSPS) is 11.9. The van der Waals surface area contributed by atoms with E-state index in [0.717, 1.165) is 6.07 Å². The average Bonchev–Trinajstić information content (AvgIpc) is 2.42. The molecule has 1 aromatic carbocycles. The van der Waals surface area contributed by atoms with Gasteiger partial charge in [-0.05, 0) is 18.1 Å². The first kappa shape index (κ1) is 16.9. The molecular weight excluding hydrogens is 300 g/mol. The zero-order chi connectivity index (χ0) is 16.2. The minimum atomic E-state index is -0.902. The summed E-state index contributed by atoms with van der Waals surface area (Å²) in [6.07, 6.45) is 0. The molecule has 1 atom stereocenters. The smallest absolute Gasteiger partial charge is 0.328 e. The van der Waals surface area contributed by atoms with Gasteiger partial charge < -0.3 is 10.1 Å². The molecule has 0 aliphatic carbocycles. The van der Waals surface area contributed by atoms with Crippen molar-refractivity contribution < 1.29 is 19.2 Å². The zero-order valence-electron chi connectivity index (χ0n) is 11.8. The van der Waals surface area contributed by atoms with Gasteiger partial charge in [0.15, 0.2) is 0 Å². The van der Waals surface area contributed by atoms with E-state index in [-0.39, 0.29) is 22.2 Å². The van der Waals surface area contributed by atoms with Gasteiger partial charge in [-0.3, -0.25) is 14.9 Å². The van der Waals surface area contributed by atoms with E-state index in [9.17, 15) is 19.7 Å². The minimum Gasteiger partial charge on any atom is -0.467 e. The van der Waals surface area contributed by atoms with Gasteiger partial charge in [0.2, 0.25) is 0 Å². The van der Waals surface area contributed by atoms with Crippen LogP contribution in [0.4, 0.5) is 5.69 Å². The molecule has 0 aromatic heterocycles. The van der Waals surface area contributed by atoms with Crippen molar-refractivity contribution in [3.8, 4) is 0 Å². The van der Waals surface area contributed by atoms with Crippen molar-refractivity contribution in [1.82, 2.24) is 5.32 Å². The molecule has 1 rings (SSSR count). The lowest BCUT2D eigenvalue weighted by Crippen LogP contribution is -2.45. The van der Waals surface area contributed by atoms with E-state index < -0.39 is 22.8 Å². The van der Waals surface area contributed by atoms with Crippen LogP contribution in [-0.2, 0) is 9.53 Å². The fraction of sp³-hybridized carbons (Fsp3) is 0.385. The van der Waals surface area contributed by atoms with Crippen LogP contribution in [0.3, 0.4) is 0 Å². The number of rotatable bonds is 5. The van der Waals surface area contributed by atoms with Crippen molar-refractivity contribution in [2.24, 2.45) is 5.92 Å². The number of halogens is 1. The highest BCUT2D eigenvalue weighted by Crippen LogP contribution is 2.23. The quantitative estimate of drug-likeness (QED) is 0.510. The van der Waals surface area contributed by atoms with Crippen molar-refractivity contribution >= 4 is 29.2 Å². The molecule has 21 heavy (non-hydrogen) atoms. The molecule has 0 fully saturated rings. The number of nitrogens with zero attached hydrogens (tertiary/aromatic N) is 1. The summed E-state index contributed by atoms with van der Waals surface area (Å²) >= 11 is 5.76. The monoisotopic (exact) mass is 314 g/mol. The third-order valence-electron chi connectivity index (χ3n) is 2.81. The van der Waals surface area contributed by atoms with Crippen molar-refractivity contribution in [3.63, 3.8) is 0 Å². The summed E-state index contributed by atoms with van der Waals surface area (Å²) in [6, 6.07) is 2.74.